The van der Waals surface area contributed by atoms with Crippen molar-refractivity contribution < 1.29 is 8.85 Å². The van der Waals surface area contributed by atoms with E-state index in [4.69, 9.17) is 8.85 Å². The van der Waals surface area contributed by atoms with Crippen molar-refractivity contribution in [3.8, 4) is 0 Å². The van der Waals surface area contributed by atoms with E-state index < -0.39 is 6.98 Å². The number of benzene rings is 2. The van der Waals surface area contributed by atoms with Crippen LogP contribution in [0.1, 0.15) is 26.9 Å². The molecule has 0 N–H and O–H groups in total. The zero-order valence-corrected chi connectivity index (χ0v) is 12.0. The van der Waals surface area contributed by atoms with E-state index in [1.54, 1.807) is 7.05 Å². The molecule has 0 aliphatic heterocycles. The van der Waals surface area contributed by atoms with E-state index in [9.17, 15) is 0 Å². The molecule has 1 atom stereocenters. The van der Waals surface area contributed by atoms with Crippen LogP contribution in [0.2, 0.25) is 0 Å². The lowest BCUT2D eigenvalue weighted by Crippen LogP contribution is -2.20. The third-order valence-electron chi connectivity index (χ3n) is 3.28. The SMILES string of the molecule is [2H]C([2H])([2H])N(C)CCOC(c1ccccc1)c1ccccc1C. The highest BCUT2D eigenvalue weighted by atomic mass is 16.5. The largest absolute Gasteiger partial charge is 0.367 e. The van der Waals surface area contributed by atoms with Gasteiger partial charge in [0, 0.05) is 10.7 Å². The molecule has 0 fully saturated rings. The molecule has 2 nitrogen and oxygen atoms in total. The van der Waals surface area contributed by atoms with E-state index in [0.29, 0.717) is 13.2 Å². The normalized spacial score (nSPS) is 15.4. The maximum absolute atomic E-state index is 7.39. The van der Waals surface area contributed by atoms with Crippen LogP contribution in [0.4, 0.5) is 0 Å². The van der Waals surface area contributed by atoms with Crippen molar-refractivity contribution in [3.05, 3.63) is 71.3 Å². The quantitative estimate of drug-likeness (QED) is 0.795. The van der Waals surface area contributed by atoms with Gasteiger partial charge in [-0.15, -0.1) is 0 Å². The summed E-state index contributed by atoms with van der Waals surface area (Å²) in [5.41, 5.74) is 3.33. The van der Waals surface area contributed by atoms with Gasteiger partial charge in [-0.3, -0.25) is 0 Å². The number of hydrogen-bond donors (Lipinski definition) is 0. The van der Waals surface area contributed by atoms with Crippen molar-refractivity contribution in [2.75, 3.05) is 27.2 Å². The molecular formula is C18H23NO. The maximum atomic E-state index is 7.39. The summed E-state index contributed by atoms with van der Waals surface area (Å²) in [4.78, 5) is 1.33. The van der Waals surface area contributed by atoms with E-state index >= 15 is 0 Å². The Morgan fingerprint density at radius 3 is 2.50 bits per heavy atom. The molecule has 0 radical (unpaired) electrons. The molecule has 0 saturated carbocycles. The minimum absolute atomic E-state index is 0.192. The molecule has 0 aliphatic carbocycles. The van der Waals surface area contributed by atoms with Crippen molar-refractivity contribution in [3.63, 3.8) is 0 Å². The Balaban J connectivity index is 2.14. The van der Waals surface area contributed by atoms with Crippen molar-refractivity contribution in [2.24, 2.45) is 0 Å². The van der Waals surface area contributed by atoms with Gasteiger partial charge in [0.25, 0.3) is 0 Å². The van der Waals surface area contributed by atoms with Crippen LogP contribution < -0.4 is 0 Å². The molecule has 0 bridgehead atoms. The standard InChI is InChI=1S/C18H23NO/c1-15-9-7-8-12-17(15)18(20-14-13-19(2)3)16-10-5-4-6-11-16/h4-12,18H,13-14H2,1-3H3/i2D3. The molecule has 0 spiro atoms. The predicted octanol–water partition coefficient (Wildman–Crippen LogP) is 3.66. The van der Waals surface area contributed by atoms with E-state index in [-0.39, 0.29) is 6.10 Å². The van der Waals surface area contributed by atoms with Crippen molar-refractivity contribution >= 4 is 0 Å². The molecule has 20 heavy (non-hydrogen) atoms. The summed E-state index contributed by atoms with van der Waals surface area (Å²) in [7, 11) is 1.58. The molecule has 0 saturated heterocycles. The highest BCUT2D eigenvalue weighted by Gasteiger charge is 2.16. The van der Waals surface area contributed by atoms with Gasteiger partial charge < -0.3 is 9.64 Å². The summed E-state index contributed by atoms with van der Waals surface area (Å²) in [5.74, 6) is 0. The average molecular weight is 272 g/mol. The fourth-order valence-electron chi connectivity index (χ4n) is 2.18. The Kier molecular flexibility index (Phi) is 4.00. The Hall–Kier alpha value is -1.64. The molecular weight excluding hydrogens is 246 g/mol. The van der Waals surface area contributed by atoms with Crippen LogP contribution in [-0.4, -0.2) is 32.1 Å². The smallest absolute Gasteiger partial charge is 0.108 e. The number of hydrogen-bond acceptors (Lipinski definition) is 2. The van der Waals surface area contributed by atoms with Gasteiger partial charge in [-0.2, -0.15) is 0 Å². The summed E-state index contributed by atoms with van der Waals surface area (Å²) in [6, 6.07) is 18.1. The fourth-order valence-corrected chi connectivity index (χ4v) is 2.18. The average Bonchev–Trinajstić information content (AvgIpc) is 2.52. The first kappa shape index (κ1) is 11.1. The van der Waals surface area contributed by atoms with Gasteiger partial charge in [0.1, 0.15) is 6.10 Å². The molecule has 0 amide bonds. The zero-order valence-electron chi connectivity index (χ0n) is 15.0. The van der Waals surface area contributed by atoms with Crippen molar-refractivity contribution in [1.82, 2.24) is 4.90 Å². The lowest BCUT2D eigenvalue weighted by atomic mass is 9.97. The second-order valence-corrected chi connectivity index (χ2v) is 4.94. The van der Waals surface area contributed by atoms with Crippen LogP contribution >= 0.6 is 0 Å². The molecule has 106 valence electrons. The van der Waals surface area contributed by atoms with Gasteiger partial charge in [-0.05, 0) is 37.6 Å². The Bertz CT molecular complexity index is 613. The molecule has 0 heterocycles. The van der Waals surface area contributed by atoms with Gasteiger partial charge in [0.15, 0.2) is 0 Å². The second-order valence-electron chi connectivity index (χ2n) is 4.94. The second kappa shape index (κ2) is 7.22. The highest BCUT2D eigenvalue weighted by Crippen LogP contribution is 2.28. The highest BCUT2D eigenvalue weighted by molar-refractivity contribution is 5.35. The molecule has 0 aliphatic rings. The molecule has 2 aromatic carbocycles. The fraction of sp³-hybridized carbons (Fsp3) is 0.333. The molecule has 0 aromatic heterocycles. The van der Waals surface area contributed by atoms with Crippen LogP contribution in [0.3, 0.4) is 0 Å². The van der Waals surface area contributed by atoms with Gasteiger partial charge in [0.05, 0.1) is 6.61 Å². The first-order valence-corrected chi connectivity index (χ1v) is 6.83. The summed E-state index contributed by atoms with van der Waals surface area (Å²) < 4.78 is 28.2. The lowest BCUT2D eigenvalue weighted by molar-refractivity contribution is 0.0683. The van der Waals surface area contributed by atoms with Crippen molar-refractivity contribution in [1.29, 1.82) is 0 Å². The number of rotatable bonds is 6. The summed E-state index contributed by atoms with van der Waals surface area (Å²) in [6.45, 7) is 0.673. The van der Waals surface area contributed by atoms with Crippen LogP contribution in [0.5, 0.6) is 0 Å². The topological polar surface area (TPSA) is 12.5 Å². The maximum Gasteiger partial charge on any atom is 0.108 e. The lowest BCUT2D eigenvalue weighted by Gasteiger charge is -2.22. The van der Waals surface area contributed by atoms with E-state index in [2.05, 4.69) is 19.1 Å². The number of likely N-dealkylation sites (N-methyl/N-ethyl adjacent to an activating group) is 1. The number of ether oxygens (including phenoxy) is 1. The van der Waals surface area contributed by atoms with Crippen LogP contribution in [0.15, 0.2) is 54.6 Å². The van der Waals surface area contributed by atoms with E-state index in [0.717, 1.165) is 16.7 Å². The monoisotopic (exact) mass is 272 g/mol. The minimum atomic E-state index is -2.09. The third-order valence-corrected chi connectivity index (χ3v) is 3.28. The summed E-state index contributed by atoms with van der Waals surface area (Å²) in [5, 5.41) is 0. The third kappa shape index (κ3) is 3.92. The van der Waals surface area contributed by atoms with Gasteiger partial charge in [-0.1, -0.05) is 54.6 Å². The first-order valence-electron chi connectivity index (χ1n) is 8.33. The summed E-state index contributed by atoms with van der Waals surface area (Å²) in [6.07, 6.45) is -0.192. The summed E-state index contributed by atoms with van der Waals surface area (Å²) >= 11 is 0. The predicted molar refractivity (Wildman–Crippen MR) is 84.0 cm³/mol. The van der Waals surface area contributed by atoms with Crippen LogP contribution in [0, 0.1) is 6.92 Å². The van der Waals surface area contributed by atoms with Crippen molar-refractivity contribution in [2.45, 2.75) is 13.0 Å². The van der Waals surface area contributed by atoms with E-state index in [1.165, 1.54) is 4.90 Å². The van der Waals surface area contributed by atoms with Gasteiger partial charge in [-0.25, -0.2) is 0 Å². The molecule has 1 unspecified atom stereocenters. The Morgan fingerprint density at radius 2 is 1.80 bits per heavy atom. The minimum Gasteiger partial charge on any atom is -0.367 e. The molecule has 2 aromatic rings. The zero-order chi connectivity index (χ0) is 16.9. The van der Waals surface area contributed by atoms with Gasteiger partial charge in [0.2, 0.25) is 0 Å². The van der Waals surface area contributed by atoms with Crippen LogP contribution in [0.25, 0.3) is 0 Å². The Morgan fingerprint density at radius 1 is 1.10 bits per heavy atom. The molecule has 2 rings (SSSR count). The Labute approximate surface area is 126 Å². The van der Waals surface area contributed by atoms with Crippen LogP contribution in [-0.2, 0) is 4.74 Å². The number of aryl methyl sites for hydroxylation is 1. The number of nitrogens with zero attached hydrogens (tertiary/aromatic N) is 1. The van der Waals surface area contributed by atoms with E-state index in [1.807, 2.05) is 42.5 Å². The molecule has 2 heteroatoms. The van der Waals surface area contributed by atoms with Gasteiger partial charge >= 0.3 is 0 Å². The first-order chi connectivity index (χ1) is 10.9.